The molecule has 0 spiro atoms. The van der Waals surface area contributed by atoms with Crippen LogP contribution >= 0.6 is 11.8 Å². The number of ether oxygens (including phenoxy) is 1. The lowest BCUT2D eigenvalue weighted by molar-refractivity contribution is 0.0912. The minimum absolute atomic E-state index is 0.200. The zero-order valence-electron chi connectivity index (χ0n) is 11.8. The van der Waals surface area contributed by atoms with Crippen molar-refractivity contribution in [3.63, 3.8) is 0 Å². The van der Waals surface area contributed by atoms with Crippen LogP contribution in [0.1, 0.15) is 12.8 Å². The smallest absolute Gasteiger partial charge is 0.215 e. The summed E-state index contributed by atoms with van der Waals surface area (Å²) in [4.78, 5) is 8.99. The second-order valence-corrected chi connectivity index (χ2v) is 6.07. The molecule has 0 bridgehead atoms. The summed E-state index contributed by atoms with van der Waals surface area (Å²) >= 11 is 1.42. The minimum Gasteiger partial charge on any atom is -0.376 e. The summed E-state index contributed by atoms with van der Waals surface area (Å²) in [5.41, 5.74) is 1.75. The van der Waals surface area contributed by atoms with E-state index in [-0.39, 0.29) is 6.10 Å². The quantitative estimate of drug-likeness (QED) is 0.728. The number of hydrogen-bond acceptors (Lipinski definition) is 7. The van der Waals surface area contributed by atoms with Crippen molar-refractivity contribution in [2.75, 3.05) is 6.61 Å². The van der Waals surface area contributed by atoms with E-state index in [1.807, 2.05) is 24.3 Å². The van der Waals surface area contributed by atoms with E-state index in [1.165, 1.54) is 11.8 Å². The summed E-state index contributed by atoms with van der Waals surface area (Å²) in [5, 5.41) is 13.4. The Labute approximate surface area is 131 Å². The fourth-order valence-corrected chi connectivity index (χ4v) is 3.18. The molecule has 0 amide bonds. The van der Waals surface area contributed by atoms with Gasteiger partial charge in [-0.15, -0.1) is 5.10 Å². The van der Waals surface area contributed by atoms with Crippen molar-refractivity contribution in [3.8, 4) is 0 Å². The van der Waals surface area contributed by atoms with Crippen molar-refractivity contribution in [2.45, 2.75) is 35.7 Å². The highest BCUT2D eigenvalue weighted by molar-refractivity contribution is 7.99. The summed E-state index contributed by atoms with van der Waals surface area (Å²) in [6.07, 6.45) is 4.11. The summed E-state index contributed by atoms with van der Waals surface area (Å²) in [6, 6.07) is 7.79. The van der Waals surface area contributed by atoms with Crippen molar-refractivity contribution < 1.29 is 4.74 Å². The zero-order chi connectivity index (χ0) is 14.8. The zero-order valence-corrected chi connectivity index (χ0v) is 12.6. The predicted octanol–water partition coefficient (Wildman–Crippen LogP) is 1.95. The Morgan fingerprint density at radius 3 is 3.05 bits per heavy atom. The molecular formula is C14H14N6OS. The van der Waals surface area contributed by atoms with Crippen LogP contribution in [0.3, 0.4) is 0 Å². The second kappa shape index (κ2) is 5.98. The molecule has 1 aliphatic rings. The number of nitrogens with zero attached hydrogens (tertiary/aromatic N) is 6. The van der Waals surface area contributed by atoms with Crippen LogP contribution in [-0.2, 0) is 11.3 Å². The fourth-order valence-electron chi connectivity index (χ4n) is 2.45. The summed E-state index contributed by atoms with van der Waals surface area (Å²) in [7, 11) is 0. The van der Waals surface area contributed by atoms with Gasteiger partial charge >= 0.3 is 0 Å². The van der Waals surface area contributed by atoms with Crippen LogP contribution in [0, 0.1) is 0 Å². The third kappa shape index (κ3) is 2.79. The largest absolute Gasteiger partial charge is 0.376 e. The molecule has 1 fully saturated rings. The second-order valence-electron chi connectivity index (χ2n) is 5.08. The Bertz CT molecular complexity index is 786. The topological polar surface area (TPSA) is 78.6 Å². The molecule has 0 saturated carbocycles. The highest BCUT2D eigenvalue weighted by atomic mass is 32.2. The van der Waals surface area contributed by atoms with Crippen LogP contribution < -0.4 is 0 Å². The summed E-state index contributed by atoms with van der Waals surface area (Å²) in [5.74, 6) is 0. The van der Waals surface area contributed by atoms with Crippen molar-refractivity contribution in [3.05, 3.63) is 30.5 Å². The number of tetrazole rings is 1. The van der Waals surface area contributed by atoms with Gasteiger partial charge in [0.15, 0.2) is 0 Å². The van der Waals surface area contributed by atoms with Crippen molar-refractivity contribution >= 4 is 22.8 Å². The molecule has 1 aromatic carbocycles. The van der Waals surface area contributed by atoms with E-state index in [2.05, 4.69) is 25.5 Å². The molecule has 7 nitrogen and oxygen atoms in total. The first-order chi connectivity index (χ1) is 10.9. The Balaban J connectivity index is 1.55. The van der Waals surface area contributed by atoms with E-state index in [4.69, 9.17) is 4.74 Å². The molecule has 1 atom stereocenters. The molecule has 1 aliphatic heterocycles. The monoisotopic (exact) mass is 314 g/mol. The number of para-hydroxylation sites is 2. The molecule has 3 aromatic rings. The van der Waals surface area contributed by atoms with Gasteiger partial charge in [0.2, 0.25) is 5.16 Å². The third-order valence-electron chi connectivity index (χ3n) is 3.52. The van der Waals surface area contributed by atoms with Gasteiger partial charge in [0.05, 0.1) is 29.9 Å². The SMILES string of the molecule is c1ccc2nc(Sc3nnnn3CC3CCCO3)cnc2c1. The molecule has 8 heteroatoms. The average Bonchev–Trinajstić information content (AvgIpc) is 3.20. The van der Waals surface area contributed by atoms with Crippen molar-refractivity contribution in [1.29, 1.82) is 0 Å². The molecule has 0 aliphatic carbocycles. The lowest BCUT2D eigenvalue weighted by atomic mass is 10.2. The van der Waals surface area contributed by atoms with Crippen molar-refractivity contribution in [1.82, 2.24) is 30.2 Å². The van der Waals surface area contributed by atoms with Gasteiger partial charge in [0.25, 0.3) is 0 Å². The first-order valence-corrected chi connectivity index (χ1v) is 7.97. The van der Waals surface area contributed by atoms with E-state index in [1.54, 1.807) is 10.9 Å². The van der Waals surface area contributed by atoms with Crippen LogP contribution in [0.2, 0.25) is 0 Å². The first-order valence-electron chi connectivity index (χ1n) is 7.16. The number of benzene rings is 1. The van der Waals surface area contributed by atoms with Crippen LogP contribution in [0.25, 0.3) is 11.0 Å². The average molecular weight is 314 g/mol. The lowest BCUT2D eigenvalue weighted by Crippen LogP contribution is -2.16. The van der Waals surface area contributed by atoms with Gasteiger partial charge in [-0.25, -0.2) is 9.67 Å². The maximum absolute atomic E-state index is 5.64. The molecule has 3 heterocycles. The van der Waals surface area contributed by atoms with Gasteiger partial charge in [0, 0.05) is 6.61 Å². The highest BCUT2D eigenvalue weighted by Gasteiger charge is 2.19. The standard InChI is InChI=1S/C14H14N6OS/c1-2-6-12-11(5-1)15-8-13(16-12)22-14-17-18-19-20(14)9-10-4-3-7-21-10/h1-2,5-6,8,10H,3-4,7,9H2. The Kier molecular flexibility index (Phi) is 3.69. The van der Waals surface area contributed by atoms with Gasteiger partial charge < -0.3 is 4.74 Å². The van der Waals surface area contributed by atoms with E-state index in [0.717, 1.165) is 35.5 Å². The van der Waals surface area contributed by atoms with E-state index in [0.29, 0.717) is 11.7 Å². The summed E-state index contributed by atoms with van der Waals surface area (Å²) in [6.45, 7) is 1.50. The number of rotatable bonds is 4. The van der Waals surface area contributed by atoms with Gasteiger partial charge in [-0.05, 0) is 47.2 Å². The molecule has 2 aromatic heterocycles. The van der Waals surface area contributed by atoms with Gasteiger partial charge in [-0.1, -0.05) is 12.1 Å². The van der Waals surface area contributed by atoms with Crippen molar-refractivity contribution in [2.24, 2.45) is 0 Å². The van der Waals surface area contributed by atoms with Crippen LogP contribution in [0.15, 0.2) is 40.6 Å². The van der Waals surface area contributed by atoms with E-state index < -0.39 is 0 Å². The Morgan fingerprint density at radius 2 is 2.18 bits per heavy atom. The van der Waals surface area contributed by atoms with Gasteiger partial charge in [0.1, 0.15) is 5.03 Å². The maximum atomic E-state index is 5.64. The minimum atomic E-state index is 0.200. The Morgan fingerprint density at radius 1 is 1.27 bits per heavy atom. The molecule has 4 rings (SSSR count). The normalized spacial score (nSPS) is 18.1. The molecule has 0 radical (unpaired) electrons. The van der Waals surface area contributed by atoms with Crippen LogP contribution in [0.5, 0.6) is 0 Å². The first kappa shape index (κ1) is 13.6. The third-order valence-corrected chi connectivity index (χ3v) is 4.40. The molecule has 1 unspecified atom stereocenters. The number of hydrogen-bond donors (Lipinski definition) is 0. The maximum Gasteiger partial charge on any atom is 0.215 e. The van der Waals surface area contributed by atoms with Gasteiger partial charge in [-0.3, -0.25) is 4.98 Å². The molecule has 0 N–H and O–H groups in total. The Hall–Kier alpha value is -2.06. The lowest BCUT2D eigenvalue weighted by Gasteiger charge is -2.09. The fraction of sp³-hybridized carbons (Fsp3) is 0.357. The molecule has 1 saturated heterocycles. The van der Waals surface area contributed by atoms with Crippen LogP contribution in [0.4, 0.5) is 0 Å². The van der Waals surface area contributed by atoms with Gasteiger partial charge in [-0.2, -0.15) is 0 Å². The molecule has 112 valence electrons. The molecule has 22 heavy (non-hydrogen) atoms. The predicted molar refractivity (Wildman–Crippen MR) is 80.5 cm³/mol. The number of aromatic nitrogens is 6. The van der Waals surface area contributed by atoms with E-state index in [9.17, 15) is 0 Å². The number of fused-ring (bicyclic) bond motifs is 1. The van der Waals surface area contributed by atoms with E-state index >= 15 is 0 Å². The highest BCUT2D eigenvalue weighted by Crippen LogP contribution is 2.25. The summed E-state index contributed by atoms with van der Waals surface area (Å²) < 4.78 is 7.41. The molecular weight excluding hydrogens is 300 g/mol. The van der Waals surface area contributed by atoms with Crippen LogP contribution in [-0.4, -0.2) is 42.9 Å².